The molecule has 1 saturated carbocycles. The van der Waals surface area contributed by atoms with Crippen LogP contribution in [0.25, 0.3) is 0 Å². The molecule has 2 aromatic rings. The van der Waals surface area contributed by atoms with E-state index >= 15 is 0 Å². The molecule has 6 nitrogen and oxygen atoms in total. The van der Waals surface area contributed by atoms with Gasteiger partial charge < -0.3 is 10.1 Å². The quantitative estimate of drug-likeness (QED) is 0.562. The van der Waals surface area contributed by atoms with Gasteiger partial charge in [-0.3, -0.25) is 4.79 Å². The standard InChI is InChI=1S/C18H23N3O3S.Y/c1-13-12-25-17(18(23)24-2)16(13)19-15(22)11-20-9-6-10-21(20)14-7-4-3-5-8-14;/h6,9-10,12,14H,3-5,7-8,11H2,1-2H3;/p+1. The van der Waals surface area contributed by atoms with E-state index in [0.717, 1.165) is 18.4 Å². The molecule has 0 unspecified atom stereocenters. The van der Waals surface area contributed by atoms with E-state index in [0.29, 0.717) is 16.6 Å². The number of anilines is 1. The van der Waals surface area contributed by atoms with Gasteiger partial charge in [-0.1, -0.05) is 19.3 Å². The third-order valence-electron chi connectivity index (χ3n) is 4.66. The van der Waals surface area contributed by atoms with Gasteiger partial charge >= 0.3 is 5.97 Å². The minimum Gasteiger partial charge on any atom is -0.465 e. The van der Waals surface area contributed by atoms with Crippen molar-refractivity contribution in [1.82, 2.24) is 4.68 Å². The Morgan fingerprint density at radius 3 is 2.77 bits per heavy atom. The topological polar surface area (TPSA) is 64.2 Å². The third kappa shape index (κ3) is 4.81. The van der Waals surface area contributed by atoms with E-state index in [9.17, 15) is 9.59 Å². The molecule has 1 radical (unpaired) electrons. The average Bonchev–Trinajstić information content (AvgIpc) is 3.22. The minimum absolute atomic E-state index is 0. The number of nitrogens with zero attached hydrogens (tertiary/aromatic N) is 2. The van der Waals surface area contributed by atoms with Crippen LogP contribution in [0.3, 0.4) is 0 Å². The molecule has 2 aromatic heterocycles. The number of rotatable bonds is 5. The summed E-state index contributed by atoms with van der Waals surface area (Å²) in [6.45, 7) is 2.09. The number of hydrogen-bond acceptors (Lipinski definition) is 4. The Morgan fingerprint density at radius 2 is 2.08 bits per heavy atom. The molecule has 1 aliphatic rings. The fourth-order valence-electron chi connectivity index (χ4n) is 3.37. The molecule has 0 aromatic carbocycles. The number of aryl methyl sites for hydroxylation is 1. The molecule has 1 amide bonds. The van der Waals surface area contributed by atoms with Crippen molar-refractivity contribution in [2.45, 2.75) is 51.6 Å². The first-order valence-corrected chi connectivity index (χ1v) is 9.51. The van der Waals surface area contributed by atoms with Crippen molar-refractivity contribution in [2.75, 3.05) is 12.4 Å². The molecule has 0 spiro atoms. The van der Waals surface area contributed by atoms with E-state index in [2.05, 4.69) is 10.00 Å². The van der Waals surface area contributed by atoms with Gasteiger partial charge in [-0.05, 0) is 30.7 Å². The number of nitrogens with one attached hydrogen (secondary N) is 1. The summed E-state index contributed by atoms with van der Waals surface area (Å²) in [5.41, 5.74) is 1.42. The maximum Gasteiger partial charge on any atom is 0.350 e. The van der Waals surface area contributed by atoms with E-state index in [1.807, 2.05) is 35.4 Å². The van der Waals surface area contributed by atoms with Crippen LogP contribution in [0.4, 0.5) is 5.69 Å². The molecule has 0 aliphatic heterocycles. The van der Waals surface area contributed by atoms with E-state index < -0.39 is 5.97 Å². The van der Waals surface area contributed by atoms with Crippen LogP contribution in [0, 0.1) is 6.92 Å². The van der Waals surface area contributed by atoms with Crippen molar-refractivity contribution in [3.05, 3.63) is 34.3 Å². The van der Waals surface area contributed by atoms with Crippen molar-refractivity contribution in [3.8, 4) is 0 Å². The number of thiophene rings is 1. The van der Waals surface area contributed by atoms with Crippen LogP contribution in [0.1, 0.15) is 53.4 Å². The molecule has 8 heteroatoms. The first-order valence-electron chi connectivity index (χ1n) is 8.63. The van der Waals surface area contributed by atoms with Crippen LogP contribution >= 0.6 is 11.3 Å². The van der Waals surface area contributed by atoms with Crippen molar-refractivity contribution in [2.24, 2.45) is 0 Å². The van der Waals surface area contributed by atoms with Crippen molar-refractivity contribution < 1.29 is 51.7 Å². The SMILES string of the molecule is COC(=O)c1scc(C)c1NC(=O)C[n+]1cccn1C1CCCCC1.[Y]. The zero-order chi connectivity index (χ0) is 17.8. The Hall–Kier alpha value is -1.05. The summed E-state index contributed by atoms with van der Waals surface area (Å²) >= 11 is 1.28. The van der Waals surface area contributed by atoms with Crippen LogP contribution in [0.5, 0.6) is 0 Å². The van der Waals surface area contributed by atoms with Crippen molar-refractivity contribution in [3.63, 3.8) is 0 Å². The van der Waals surface area contributed by atoms with Gasteiger partial charge in [0.05, 0.1) is 25.0 Å². The average molecular weight is 451 g/mol. The molecule has 26 heavy (non-hydrogen) atoms. The number of hydrogen-bond donors (Lipinski definition) is 1. The summed E-state index contributed by atoms with van der Waals surface area (Å²) < 4.78 is 8.90. The fraction of sp³-hybridized carbons (Fsp3) is 0.500. The molecular weight excluding hydrogens is 427 g/mol. The van der Waals surface area contributed by atoms with Gasteiger partial charge in [0.2, 0.25) is 6.54 Å². The number of carbonyl (C=O) groups excluding carboxylic acids is 2. The van der Waals surface area contributed by atoms with Crippen molar-refractivity contribution >= 4 is 28.9 Å². The summed E-state index contributed by atoms with van der Waals surface area (Å²) in [7, 11) is 1.34. The molecule has 0 atom stereocenters. The number of aromatic nitrogens is 2. The summed E-state index contributed by atoms with van der Waals surface area (Å²) in [4.78, 5) is 24.8. The fourth-order valence-corrected chi connectivity index (χ4v) is 4.29. The predicted molar refractivity (Wildman–Crippen MR) is 95.8 cm³/mol. The summed E-state index contributed by atoms with van der Waals surface area (Å²) in [6.07, 6.45) is 10.1. The number of carbonyl (C=O) groups is 2. The third-order valence-corrected chi connectivity index (χ3v) is 5.74. The normalized spacial score (nSPS) is 14.5. The summed E-state index contributed by atoms with van der Waals surface area (Å²) in [5.74, 6) is -0.570. The molecular formula is C18H24N3O3SY+. The molecule has 0 saturated heterocycles. The molecule has 1 N–H and O–H groups in total. The molecule has 137 valence electrons. The minimum atomic E-state index is -0.424. The molecule has 3 rings (SSSR count). The van der Waals surface area contributed by atoms with Gasteiger partial charge in [-0.25, -0.2) is 4.79 Å². The van der Waals surface area contributed by atoms with Crippen LogP contribution in [0.2, 0.25) is 0 Å². The number of methoxy groups -OCH3 is 1. The first-order chi connectivity index (χ1) is 12.1. The van der Waals surface area contributed by atoms with Gasteiger partial charge in [0.25, 0.3) is 5.91 Å². The zero-order valence-electron chi connectivity index (χ0n) is 15.2. The molecule has 1 fully saturated rings. The van der Waals surface area contributed by atoms with Crippen LogP contribution in [-0.2, 0) is 48.8 Å². The maximum absolute atomic E-state index is 12.5. The van der Waals surface area contributed by atoms with E-state index in [1.54, 1.807) is 0 Å². The monoisotopic (exact) mass is 451 g/mol. The Bertz CT molecular complexity index is 766. The Kier molecular flexibility index (Phi) is 7.98. The summed E-state index contributed by atoms with van der Waals surface area (Å²) in [6, 6.07) is 2.43. The smallest absolute Gasteiger partial charge is 0.350 e. The van der Waals surface area contributed by atoms with Gasteiger partial charge in [-0.2, -0.15) is 4.68 Å². The van der Waals surface area contributed by atoms with Gasteiger partial charge in [0.15, 0.2) is 6.20 Å². The van der Waals surface area contributed by atoms with E-state index in [-0.39, 0.29) is 45.2 Å². The molecule has 1 aliphatic carbocycles. The first kappa shape index (κ1) is 21.3. The second-order valence-corrected chi connectivity index (χ2v) is 7.30. The van der Waals surface area contributed by atoms with Gasteiger partial charge in [0, 0.05) is 38.8 Å². The molecule has 0 bridgehead atoms. The number of amides is 1. The Morgan fingerprint density at radius 1 is 1.35 bits per heavy atom. The Labute approximate surface area is 182 Å². The maximum atomic E-state index is 12.5. The van der Waals surface area contributed by atoms with Crippen LogP contribution in [0.15, 0.2) is 23.8 Å². The predicted octanol–water partition coefficient (Wildman–Crippen LogP) is 3.07. The van der Waals surface area contributed by atoms with E-state index in [1.165, 1.54) is 37.7 Å². The van der Waals surface area contributed by atoms with Gasteiger partial charge in [0.1, 0.15) is 4.88 Å². The van der Waals surface area contributed by atoms with Crippen molar-refractivity contribution in [1.29, 1.82) is 0 Å². The van der Waals surface area contributed by atoms with E-state index in [4.69, 9.17) is 4.74 Å². The van der Waals surface area contributed by atoms with Crippen LogP contribution < -0.4 is 10.00 Å². The summed E-state index contributed by atoms with van der Waals surface area (Å²) in [5, 5.41) is 4.73. The van der Waals surface area contributed by atoms with Crippen LogP contribution in [-0.4, -0.2) is 23.7 Å². The second-order valence-electron chi connectivity index (χ2n) is 6.42. The second kappa shape index (κ2) is 9.76. The molecule has 2 heterocycles. The number of ether oxygens (including phenoxy) is 1. The largest absolute Gasteiger partial charge is 0.465 e. The number of esters is 1. The Balaban J connectivity index is 0.00000243. The zero-order valence-corrected chi connectivity index (χ0v) is 18.9. The van der Waals surface area contributed by atoms with Gasteiger partial charge in [-0.15, -0.1) is 16.0 Å².